The SMILES string of the molecule is c1cc2c(cc1C1CSCCN1)OCCCO2. The van der Waals surface area contributed by atoms with Crippen LogP contribution in [0.15, 0.2) is 18.2 Å². The Bertz CT molecular complexity index is 391. The van der Waals surface area contributed by atoms with E-state index in [0.717, 1.165) is 43.4 Å². The van der Waals surface area contributed by atoms with Crippen LogP contribution in [0.4, 0.5) is 0 Å². The third kappa shape index (κ3) is 2.53. The van der Waals surface area contributed by atoms with Crippen LogP contribution in [0.3, 0.4) is 0 Å². The standard InChI is InChI=1S/C13H17NO2S/c1-5-15-12-3-2-10(8-13(12)16-6-1)11-9-17-7-4-14-11/h2-3,8,11,14H,1,4-7,9H2. The molecule has 0 aromatic heterocycles. The highest BCUT2D eigenvalue weighted by Gasteiger charge is 2.18. The average molecular weight is 251 g/mol. The molecule has 0 spiro atoms. The minimum Gasteiger partial charge on any atom is -0.490 e. The van der Waals surface area contributed by atoms with Crippen molar-refractivity contribution in [3.63, 3.8) is 0 Å². The summed E-state index contributed by atoms with van der Waals surface area (Å²) in [6, 6.07) is 6.77. The van der Waals surface area contributed by atoms with E-state index in [0.29, 0.717) is 6.04 Å². The topological polar surface area (TPSA) is 30.5 Å². The van der Waals surface area contributed by atoms with Crippen LogP contribution in [0.2, 0.25) is 0 Å². The molecule has 1 fully saturated rings. The molecule has 92 valence electrons. The van der Waals surface area contributed by atoms with Gasteiger partial charge in [0.15, 0.2) is 11.5 Å². The molecule has 0 amide bonds. The molecule has 3 nitrogen and oxygen atoms in total. The molecule has 1 aromatic rings. The maximum absolute atomic E-state index is 5.72. The lowest BCUT2D eigenvalue weighted by molar-refractivity contribution is 0.297. The van der Waals surface area contributed by atoms with Crippen molar-refractivity contribution >= 4 is 11.8 Å². The molecule has 2 aliphatic rings. The van der Waals surface area contributed by atoms with E-state index in [9.17, 15) is 0 Å². The largest absolute Gasteiger partial charge is 0.490 e. The smallest absolute Gasteiger partial charge is 0.161 e. The highest BCUT2D eigenvalue weighted by Crippen LogP contribution is 2.33. The van der Waals surface area contributed by atoms with Gasteiger partial charge in [0.2, 0.25) is 0 Å². The summed E-state index contributed by atoms with van der Waals surface area (Å²) in [5.41, 5.74) is 1.31. The number of hydrogen-bond acceptors (Lipinski definition) is 4. The second-order valence-corrected chi connectivity index (χ2v) is 5.49. The lowest BCUT2D eigenvalue weighted by atomic mass is 10.1. The van der Waals surface area contributed by atoms with Crippen LogP contribution in [-0.2, 0) is 0 Å². The molecule has 1 saturated heterocycles. The van der Waals surface area contributed by atoms with Gasteiger partial charge in [0.1, 0.15) is 0 Å². The third-order valence-electron chi connectivity index (χ3n) is 3.10. The molecule has 0 aliphatic carbocycles. The van der Waals surface area contributed by atoms with Crippen molar-refractivity contribution < 1.29 is 9.47 Å². The zero-order valence-corrected chi connectivity index (χ0v) is 10.6. The summed E-state index contributed by atoms with van der Waals surface area (Å²) in [6.45, 7) is 2.59. The molecule has 0 saturated carbocycles. The number of rotatable bonds is 1. The molecule has 1 N–H and O–H groups in total. The summed E-state index contributed by atoms with van der Waals surface area (Å²) in [4.78, 5) is 0. The van der Waals surface area contributed by atoms with Gasteiger partial charge in [-0.05, 0) is 17.7 Å². The Kier molecular flexibility index (Phi) is 3.43. The van der Waals surface area contributed by atoms with Crippen LogP contribution in [0.1, 0.15) is 18.0 Å². The fraction of sp³-hybridized carbons (Fsp3) is 0.538. The average Bonchev–Trinajstić information content (AvgIpc) is 2.64. The van der Waals surface area contributed by atoms with Gasteiger partial charge in [-0.25, -0.2) is 0 Å². The molecule has 0 bridgehead atoms. The minimum absolute atomic E-state index is 0.450. The molecular formula is C13H17NO2S. The van der Waals surface area contributed by atoms with Crippen molar-refractivity contribution in [3.8, 4) is 11.5 Å². The molecule has 0 radical (unpaired) electrons. The van der Waals surface area contributed by atoms with Gasteiger partial charge in [-0.3, -0.25) is 0 Å². The number of benzene rings is 1. The maximum atomic E-state index is 5.72. The first-order valence-electron chi connectivity index (χ1n) is 6.14. The predicted octanol–water partition coefficient (Wildman–Crippen LogP) is 2.23. The highest BCUT2D eigenvalue weighted by atomic mass is 32.2. The first kappa shape index (κ1) is 11.2. The molecule has 4 heteroatoms. The summed E-state index contributed by atoms with van der Waals surface area (Å²) in [5.74, 6) is 4.13. The second kappa shape index (κ2) is 5.19. The number of fused-ring (bicyclic) bond motifs is 1. The van der Waals surface area contributed by atoms with E-state index in [-0.39, 0.29) is 0 Å². The van der Waals surface area contributed by atoms with Crippen molar-refractivity contribution in [2.75, 3.05) is 31.3 Å². The van der Waals surface area contributed by atoms with E-state index in [1.165, 1.54) is 11.3 Å². The number of thioether (sulfide) groups is 1. The van der Waals surface area contributed by atoms with Crippen LogP contribution in [0.25, 0.3) is 0 Å². The molecular weight excluding hydrogens is 234 g/mol. The lowest BCUT2D eigenvalue weighted by Gasteiger charge is -2.24. The van der Waals surface area contributed by atoms with Crippen molar-refractivity contribution in [1.82, 2.24) is 5.32 Å². The molecule has 3 rings (SSSR count). The second-order valence-electron chi connectivity index (χ2n) is 4.34. The van der Waals surface area contributed by atoms with Crippen LogP contribution in [0.5, 0.6) is 11.5 Å². The first-order valence-corrected chi connectivity index (χ1v) is 7.29. The van der Waals surface area contributed by atoms with Gasteiger partial charge in [0, 0.05) is 30.5 Å². The number of hydrogen-bond donors (Lipinski definition) is 1. The third-order valence-corrected chi connectivity index (χ3v) is 4.16. The monoisotopic (exact) mass is 251 g/mol. The van der Waals surface area contributed by atoms with E-state index in [1.54, 1.807) is 0 Å². The zero-order valence-electron chi connectivity index (χ0n) is 9.78. The van der Waals surface area contributed by atoms with Crippen molar-refractivity contribution in [2.45, 2.75) is 12.5 Å². The summed E-state index contributed by atoms with van der Waals surface area (Å²) in [5, 5.41) is 3.54. The Morgan fingerprint density at radius 1 is 1.18 bits per heavy atom. The normalized spacial score (nSPS) is 24.1. The number of nitrogens with one attached hydrogen (secondary N) is 1. The molecule has 1 atom stereocenters. The number of ether oxygens (including phenoxy) is 2. The summed E-state index contributed by atoms with van der Waals surface area (Å²) >= 11 is 2.00. The van der Waals surface area contributed by atoms with Crippen LogP contribution < -0.4 is 14.8 Å². The van der Waals surface area contributed by atoms with E-state index in [2.05, 4.69) is 17.4 Å². The van der Waals surface area contributed by atoms with Gasteiger partial charge >= 0.3 is 0 Å². The minimum atomic E-state index is 0.450. The Labute approximate surface area is 106 Å². The van der Waals surface area contributed by atoms with Crippen molar-refractivity contribution in [1.29, 1.82) is 0 Å². The molecule has 1 unspecified atom stereocenters. The highest BCUT2D eigenvalue weighted by molar-refractivity contribution is 7.99. The maximum Gasteiger partial charge on any atom is 0.161 e. The van der Waals surface area contributed by atoms with Gasteiger partial charge in [-0.1, -0.05) is 6.07 Å². The van der Waals surface area contributed by atoms with Crippen molar-refractivity contribution in [2.24, 2.45) is 0 Å². The Balaban J connectivity index is 1.83. The van der Waals surface area contributed by atoms with E-state index < -0.39 is 0 Å². The quantitative estimate of drug-likeness (QED) is 0.829. The van der Waals surface area contributed by atoms with Crippen LogP contribution >= 0.6 is 11.8 Å². The lowest BCUT2D eigenvalue weighted by Crippen LogP contribution is -2.30. The van der Waals surface area contributed by atoms with Crippen LogP contribution in [-0.4, -0.2) is 31.3 Å². The van der Waals surface area contributed by atoms with Gasteiger partial charge in [-0.2, -0.15) is 11.8 Å². The Morgan fingerprint density at radius 2 is 2.06 bits per heavy atom. The van der Waals surface area contributed by atoms with E-state index >= 15 is 0 Å². The molecule has 2 heterocycles. The first-order chi connectivity index (χ1) is 8.43. The van der Waals surface area contributed by atoms with E-state index in [4.69, 9.17) is 9.47 Å². The fourth-order valence-electron chi connectivity index (χ4n) is 2.18. The van der Waals surface area contributed by atoms with E-state index in [1.807, 2.05) is 17.8 Å². The van der Waals surface area contributed by atoms with Gasteiger partial charge < -0.3 is 14.8 Å². The molecule has 2 aliphatic heterocycles. The van der Waals surface area contributed by atoms with Gasteiger partial charge in [0.05, 0.1) is 13.2 Å². The van der Waals surface area contributed by atoms with Crippen LogP contribution in [0, 0.1) is 0 Å². The Hall–Kier alpha value is -0.870. The summed E-state index contributed by atoms with van der Waals surface area (Å²) < 4.78 is 11.4. The van der Waals surface area contributed by atoms with Crippen molar-refractivity contribution in [3.05, 3.63) is 23.8 Å². The predicted molar refractivity (Wildman–Crippen MR) is 70.1 cm³/mol. The molecule has 17 heavy (non-hydrogen) atoms. The summed E-state index contributed by atoms with van der Waals surface area (Å²) in [7, 11) is 0. The zero-order chi connectivity index (χ0) is 11.5. The molecule has 1 aromatic carbocycles. The summed E-state index contributed by atoms with van der Waals surface area (Å²) in [6.07, 6.45) is 0.960. The fourth-order valence-corrected chi connectivity index (χ4v) is 3.15. The Morgan fingerprint density at radius 3 is 2.88 bits per heavy atom. The van der Waals surface area contributed by atoms with Gasteiger partial charge in [-0.15, -0.1) is 0 Å². The van der Waals surface area contributed by atoms with Gasteiger partial charge in [0.25, 0.3) is 0 Å².